The zero-order valence-corrected chi connectivity index (χ0v) is 13.9. The number of rotatable bonds is 3. The Morgan fingerprint density at radius 3 is 2.68 bits per heavy atom. The van der Waals surface area contributed by atoms with Crippen LogP contribution in [0.1, 0.15) is 24.6 Å². The molecule has 0 amide bonds. The minimum absolute atomic E-state index is 0.138. The van der Waals surface area contributed by atoms with Crippen molar-refractivity contribution in [2.45, 2.75) is 26.7 Å². The molecule has 2 rings (SSSR count). The van der Waals surface area contributed by atoms with Crippen LogP contribution >= 0.6 is 31.9 Å². The summed E-state index contributed by atoms with van der Waals surface area (Å²) in [6.45, 7) is 4.09. The molecule has 0 aliphatic rings. The third-order valence-corrected chi connectivity index (χ3v) is 4.27. The molecule has 0 radical (unpaired) electrons. The van der Waals surface area contributed by atoms with E-state index in [0.29, 0.717) is 10.3 Å². The first kappa shape index (κ1) is 14.5. The number of aromatic nitrogens is 2. The van der Waals surface area contributed by atoms with Crippen molar-refractivity contribution in [3.05, 3.63) is 48.8 Å². The molecule has 0 bridgehead atoms. The highest BCUT2D eigenvalue weighted by Gasteiger charge is 2.11. The van der Waals surface area contributed by atoms with Gasteiger partial charge < -0.3 is 4.98 Å². The number of halogens is 2. The van der Waals surface area contributed by atoms with Crippen molar-refractivity contribution < 1.29 is 0 Å². The largest absolute Gasteiger partial charge is 0.306 e. The minimum Gasteiger partial charge on any atom is -0.306 e. The van der Waals surface area contributed by atoms with Crippen LogP contribution in [-0.4, -0.2) is 9.97 Å². The van der Waals surface area contributed by atoms with Crippen molar-refractivity contribution in [3.8, 4) is 11.4 Å². The van der Waals surface area contributed by atoms with Crippen molar-refractivity contribution in [1.29, 1.82) is 0 Å². The number of aryl methyl sites for hydroxylation is 2. The minimum atomic E-state index is -0.138. The molecule has 3 nitrogen and oxygen atoms in total. The van der Waals surface area contributed by atoms with Gasteiger partial charge in [-0.3, -0.25) is 4.79 Å². The van der Waals surface area contributed by atoms with Gasteiger partial charge in [0, 0.05) is 10.0 Å². The van der Waals surface area contributed by atoms with Gasteiger partial charge in [0.15, 0.2) is 0 Å². The molecule has 0 saturated carbocycles. The molecular formula is C14H14Br2N2O. The van der Waals surface area contributed by atoms with Crippen molar-refractivity contribution >= 4 is 31.9 Å². The second kappa shape index (κ2) is 6.01. The summed E-state index contributed by atoms with van der Waals surface area (Å²) in [4.78, 5) is 19.3. The summed E-state index contributed by atoms with van der Waals surface area (Å²) < 4.78 is 1.46. The highest BCUT2D eigenvalue weighted by atomic mass is 79.9. The van der Waals surface area contributed by atoms with Crippen molar-refractivity contribution in [3.63, 3.8) is 0 Å². The molecule has 0 saturated heterocycles. The zero-order valence-electron chi connectivity index (χ0n) is 10.8. The summed E-state index contributed by atoms with van der Waals surface area (Å²) in [5.41, 5.74) is 2.71. The Kier molecular flexibility index (Phi) is 4.58. The van der Waals surface area contributed by atoms with E-state index in [0.717, 1.165) is 34.1 Å². The average Bonchev–Trinajstić information content (AvgIpc) is 2.35. The van der Waals surface area contributed by atoms with E-state index in [1.807, 2.05) is 25.1 Å². The topological polar surface area (TPSA) is 45.8 Å². The first-order valence-corrected chi connectivity index (χ1v) is 7.66. The van der Waals surface area contributed by atoms with Crippen LogP contribution in [0.4, 0.5) is 0 Å². The number of benzene rings is 1. The third kappa shape index (κ3) is 3.15. The SMILES string of the molecule is CCCc1nc(-c2ccc(C)cc2Br)[nH]c(=O)c1Br. The fourth-order valence-electron chi connectivity index (χ4n) is 1.85. The standard InChI is InChI=1S/C14H14Br2N2O/c1-3-4-11-12(16)14(19)18-13(17-11)9-6-5-8(2)7-10(9)15/h5-7H,3-4H2,1-2H3,(H,17,18,19). The van der Waals surface area contributed by atoms with Gasteiger partial charge in [-0.05, 0) is 47.0 Å². The van der Waals surface area contributed by atoms with Crippen LogP contribution in [0.2, 0.25) is 0 Å². The summed E-state index contributed by atoms with van der Waals surface area (Å²) in [6.07, 6.45) is 1.73. The Morgan fingerprint density at radius 2 is 2.05 bits per heavy atom. The van der Waals surface area contributed by atoms with Gasteiger partial charge in [-0.2, -0.15) is 0 Å². The molecule has 0 atom stereocenters. The molecule has 100 valence electrons. The molecule has 0 spiro atoms. The normalized spacial score (nSPS) is 10.7. The van der Waals surface area contributed by atoms with Crippen LogP contribution in [0, 0.1) is 6.92 Å². The Labute approximate surface area is 128 Å². The lowest BCUT2D eigenvalue weighted by Crippen LogP contribution is -2.13. The molecule has 5 heteroatoms. The Bertz CT molecular complexity index is 665. The maximum absolute atomic E-state index is 11.9. The molecule has 0 unspecified atom stereocenters. The Hall–Kier alpha value is -0.940. The molecule has 0 fully saturated rings. The van der Waals surface area contributed by atoms with Gasteiger partial charge in [0.2, 0.25) is 0 Å². The maximum atomic E-state index is 11.9. The van der Waals surface area contributed by atoms with Gasteiger partial charge in [-0.15, -0.1) is 0 Å². The highest BCUT2D eigenvalue weighted by molar-refractivity contribution is 9.10. The summed E-state index contributed by atoms with van der Waals surface area (Å²) >= 11 is 6.82. The lowest BCUT2D eigenvalue weighted by Gasteiger charge is -2.08. The second-order valence-corrected chi connectivity index (χ2v) is 6.06. The number of nitrogens with one attached hydrogen (secondary N) is 1. The van der Waals surface area contributed by atoms with Crippen LogP contribution < -0.4 is 5.56 Å². The maximum Gasteiger partial charge on any atom is 0.265 e. The van der Waals surface area contributed by atoms with Gasteiger partial charge >= 0.3 is 0 Å². The van der Waals surface area contributed by atoms with Gasteiger partial charge in [0.05, 0.1) is 5.69 Å². The third-order valence-electron chi connectivity index (χ3n) is 2.80. The van der Waals surface area contributed by atoms with Crippen LogP contribution in [-0.2, 0) is 6.42 Å². The van der Waals surface area contributed by atoms with Crippen LogP contribution in [0.5, 0.6) is 0 Å². The highest BCUT2D eigenvalue weighted by Crippen LogP contribution is 2.27. The quantitative estimate of drug-likeness (QED) is 0.859. The van der Waals surface area contributed by atoms with Gasteiger partial charge in [-0.25, -0.2) is 4.98 Å². The lowest BCUT2D eigenvalue weighted by atomic mass is 10.1. The molecule has 0 aliphatic heterocycles. The van der Waals surface area contributed by atoms with Crippen LogP contribution in [0.3, 0.4) is 0 Å². The smallest absolute Gasteiger partial charge is 0.265 e. The van der Waals surface area contributed by atoms with Crippen LogP contribution in [0.15, 0.2) is 31.9 Å². The Balaban J connectivity index is 2.59. The summed E-state index contributed by atoms with van der Waals surface area (Å²) in [7, 11) is 0. The van der Waals surface area contributed by atoms with Gasteiger partial charge in [0.1, 0.15) is 10.3 Å². The molecule has 1 aromatic heterocycles. The van der Waals surface area contributed by atoms with Crippen molar-refractivity contribution in [2.75, 3.05) is 0 Å². The van der Waals surface area contributed by atoms with Gasteiger partial charge in [0.25, 0.3) is 5.56 Å². The van der Waals surface area contributed by atoms with Crippen LogP contribution in [0.25, 0.3) is 11.4 Å². The Morgan fingerprint density at radius 1 is 1.32 bits per heavy atom. The predicted molar refractivity (Wildman–Crippen MR) is 84.4 cm³/mol. The monoisotopic (exact) mass is 384 g/mol. The average molecular weight is 386 g/mol. The van der Waals surface area contributed by atoms with E-state index in [2.05, 4.69) is 48.8 Å². The molecule has 1 heterocycles. The number of hydrogen-bond acceptors (Lipinski definition) is 2. The summed E-state index contributed by atoms with van der Waals surface area (Å²) in [5.74, 6) is 0.600. The fraction of sp³-hybridized carbons (Fsp3) is 0.286. The summed E-state index contributed by atoms with van der Waals surface area (Å²) in [6, 6.07) is 5.97. The predicted octanol–water partition coefficient (Wildman–Crippen LogP) is 4.22. The number of nitrogens with zero attached hydrogens (tertiary/aromatic N) is 1. The van der Waals surface area contributed by atoms with E-state index in [-0.39, 0.29) is 5.56 Å². The first-order chi connectivity index (χ1) is 9.02. The van der Waals surface area contributed by atoms with E-state index in [4.69, 9.17) is 0 Å². The van der Waals surface area contributed by atoms with E-state index < -0.39 is 0 Å². The molecule has 19 heavy (non-hydrogen) atoms. The summed E-state index contributed by atoms with van der Waals surface area (Å²) in [5, 5.41) is 0. The van der Waals surface area contributed by atoms with E-state index in [1.165, 1.54) is 0 Å². The molecule has 1 aromatic carbocycles. The van der Waals surface area contributed by atoms with E-state index >= 15 is 0 Å². The van der Waals surface area contributed by atoms with Gasteiger partial charge in [-0.1, -0.05) is 35.3 Å². The van der Waals surface area contributed by atoms with Crippen molar-refractivity contribution in [1.82, 2.24) is 9.97 Å². The molecule has 1 N–H and O–H groups in total. The second-order valence-electron chi connectivity index (χ2n) is 4.41. The molecule has 2 aromatic rings. The zero-order chi connectivity index (χ0) is 14.0. The van der Waals surface area contributed by atoms with E-state index in [9.17, 15) is 4.79 Å². The van der Waals surface area contributed by atoms with Crippen molar-refractivity contribution in [2.24, 2.45) is 0 Å². The molecule has 0 aliphatic carbocycles. The number of H-pyrrole nitrogens is 1. The number of hydrogen-bond donors (Lipinski definition) is 1. The lowest BCUT2D eigenvalue weighted by molar-refractivity contribution is 0.861. The number of aromatic amines is 1. The molecular weight excluding hydrogens is 372 g/mol. The fourth-order valence-corrected chi connectivity index (χ4v) is 2.91. The first-order valence-electron chi connectivity index (χ1n) is 6.08. The van der Waals surface area contributed by atoms with E-state index in [1.54, 1.807) is 0 Å².